The number of carbonyl (C=O) groups is 1. The van der Waals surface area contributed by atoms with Crippen molar-refractivity contribution in [3.63, 3.8) is 0 Å². The average Bonchev–Trinajstić information content (AvgIpc) is 2.29. The fourth-order valence-corrected chi connectivity index (χ4v) is 2.13. The van der Waals surface area contributed by atoms with E-state index in [0.29, 0.717) is 13.0 Å². The van der Waals surface area contributed by atoms with Gasteiger partial charge >= 0.3 is 5.97 Å². The van der Waals surface area contributed by atoms with Crippen molar-refractivity contribution in [2.24, 2.45) is 0 Å². The molecule has 0 aliphatic heterocycles. The molecule has 17 heavy (non-hydrogen) atoms. The molecule has 0 N–H and O–H groups in total. The van der Waals surface area contributed by atoms with Crippen LogP contribution in [0.1, 0.15) is 12.5 Å². The zero-order valence-electron chi connectivity index (χ0n) is 9.57. The molecule has 0 heterocycles. The van der Waals surface area contributed by atoms with Crippen molar-refractivity contribution in [1.29, 1.82) is 0 Å². The van der Waals surface area contributed by atoms with Gasteiger partial charge in [0.25, 0.3) is 0 Å². The lowest BCUT2D eigenvalue weighted by atomic mass is 10.1. The van der Waals surface area contributed by atoms with Gasteiger partial charge in [-0.2, -0.15) is 0 Å². The monoisotopic (exact) mass is 292 g/mol. The summed E-state index contributed by atoms with van der Waals surface area (Å²) in [5.41, 5.74) is 0.985. The first-order valence-corrected chi connectivity index (χ1v) is 6.32. The Labute approximate surface area is 109 Å². The SMILES string of the molecule is CCOC(=O)Cc1ccc2cc(Br)ccc2c1. The Balaban J connectivity index is 2.26. The van der Waals surface area contributed by atoms with E-state index in [1.165, 1.54) is 0 Å². The number of hydrogen-bond donors (Lipinski definition) is 0. The van der Waals surface area contributed by atoms with Crippen LogP contribution >= 0.6 is 15.9 Å². The first-order chi connectivity index (χ1) is 8.19. The minimum absolute atomic E-state index is 0.177. The predicted octanol–water partition coefficient (Wildman–Crippen LogP) is 3.71. The summed E-state index contributed by atoms with van der Waals surface area (Å²) in [6.45, 7) is 2.25. The third-order valence-corrected chi connectivity index (χ3v) is 3.01. The van der Waals surface area contributed by atoms with Crippen molar-refractivity contribution in [3.05, 3.63) is 46.4 Å². The summed E-state index contributed by atoms with van der Waals surface area (Å²) < 4.78 is 5.99. The number of hydrogen-bond acceptors (Lipinski definition) is 2. The van der Waals surface area contributed by atoms with Crippen LogP contribution < -0.4 is 0 Å². The molecule has 0 aliphatic carbocycles. The van der Waals surface area contributed by atoms with Crippen LogP contribution in [0.3, 0.4) is 0 Å². The van der Waals surface area contributed by atoms with Crippen LogP contribution in [-0.2, 0) is 16.0 Å². The van der Waals surface area contributed by atoms with Gasteiger partial charge in [-0.1, -0.05) is 40.2 Å². The van der Waals surface area contributed by atoms with E-state index in [4.69, 9.17) is 4.74 Å². The van der Waals surface area contributed by atoms with Crippen molar-refractivity contribution < 1.29 is 9.53 Å². The third kappa shape index (κ3) is 3.07. The minimum Gasteiger partial charge on any atom is -0.466 e. The summed E-state index contributed by atoms with van der Waals surface area (Å²) in [7, 11) is 0. The standard InChI is InChI=1S/C14H13BrO2/c1-2-17-14(16)8-10-3-4-12-9-13(15)6-5-11(12)7-10/h3-7,9H,2,8H2,1H3. The Morgan fingerprint density at radius 1 is 1.18 bits per heavy atom. The van der Waals surface area contributed by atoms with Gasteiger partial charge in [0.1, 0.15) is 0 Å². The third-order valence-electron chi connectivity index (χ3n) is 2.52. The van der Waals surface area contributed by atoms with Gasteiger partial charge in [-0.3, -0.25) is 4.79 Å². The van der Waals surface area contributed by atoms with Crippen molar-refractivity contribution in [1.82, 2.24) is 0 Å². The number of rotatable bonds is 3. The van der Waals surface area contributed by atoms with E-state index in [0.717, 1.165) is 20.8 Å². The molecule has 0 unspecified atom stereocenters. The second kappa shape index (κ2) is 5.32. The Morgan fingerprint density at radius 2 is 1.88 bits per heavy atom. The van der Waals surface area contributed by atoms with Crippen LogP contribution in [0.4, 0.5) is 0 Å². The normalized spacial score (nSPS) is 10.5. The highest BCUT2D eigenvalue weighted by atomic mass is 79.9. The maximum atomic E-state index is 11.4. The summed E-state index contributed by atoms with van der Waals surface area (Å²) >= 11 is 3.44. The number of ether oxygens (including phenoxy) is 1. The van der Waals surface area contributed by atoms with E-state index < -0.39 is 0 Å². The lowest BCUT2D eigenvalue weighted by Crippen LogP contribution is -2.07. The summed E-state index contributed by atoms with van der Waals surface area (Å²) in [4.78, 5) is 11.4. The van der Waals surface area contributed by atoms with E-state index in [2.05, 4.69) is 22.0 Å². The molecule has 0 saturated heterocycles. The Morgan fingerprint density at radius 3 is 2.65 bits per heavy atom. The van der Waals surface area contributed by atoms with E-state index in [1.807, 2.05) is 37.3 Å². The molecular weight excluding hydrogens is 280 g/mol. The second-order valence-electron chi connectivity index (χ2n) is 3.81. The van der Waals surface area contributed by atoms with Crippen molar-refractivity contribution in [2.45, 2.75) is 13.3 Å². The molecular formula is C14H13BrO2. The molecule has 0 radical (unpaired) electrons. The van der Waals surface area contributed by atoms with Gasteiger partial charge in [0.05, 0.1) is 13.0 Å². The number of carbonyl (C=O) groups excluding carboxylic acids is 1. The number of halogens is 1. The summed E-state index contributed by atoms with van der Waals surface area (Å²) in [6, 6.07) is 12.1. The van der Waals surface area contributed by atoms with E-state index in [1.54, 1.807) is 0 Å². The Bertz CT molecular complexity index is 549. The highest BCUT2D eigenvalue weighted by Crippen LogP contribution is 2.21. The molecule has 0 fully saturated rings. The number of esters is 1. The largest absolute Gasteiger partial charge is 0.466 e. The predicted molar refractivity (Wildman–Crippen MR) is 72.0 cm³/mol. The maximum absolute atomic E-state index is 11.4. The molecule has 0 saturated carbocycles. The molecule has 0 amide bonds. The van der Waals surface area contributed by atoms with Crippen molar-refractivity contribution in [2.75, 3.05) is 6.61 Å². The fraction of sp³-hybridized carbons (Fsp3) is 0.214. The molecule has 0 atom stereocenters. The van der Waals surface area contributed by atoms with E-state index in [9.17, 15) is 4.79 Å². The molecule has 0 spiro atoms. The molecule has 0 aromatic heterocycles. The smallest absolute Gasteiger partial charge is 0.310 e. The quantitative estimate of drug-likeness (QED) is 0.806. The van der Waals surface area contributed by atoms with Gasteiger partial charge in [0.2, 0.25) is 0 Å². The number of benzene rings is 2. The number of fused-ring (bicyclic) bond motifs is 1. The first kappa shape index (κ1) is 12.1. The van der Waals surface area contributed by atoms with Crippen LogP contribution in [0.15, 0.2) is 40.9 Å². The van der Waals surface area contributed by atoms with Crippen molar-refractivity contribution in [3.8, 4) is 0 Å². The topological polar surface area (TPSA) is 26.3 Å². The summed E-state index contributed by atoms with van der Waals surface area (Å²) in [6.07, 6.45) is 0.333. The molecule has 0 aliphatic rings. The van der Waals surface area contributed by atoms with Gasteiger partial charge in [0.15, 0.2) is 0 Å². The van der Waals surface area contributed by atoms with Crippen LogP contribution in [0, 0.1) is 0 Å². The van der Waals surface area contributed by atoms with Crippen LogP contribution in [0.2, 0.25) is 0 Å². The molecule has 88 valence electrons. The molecule has 2 nitrogen and oxygen atoms in total. The van der Waals surface area contributed by atoms with Crippen LogP contribution in [0.5, 0.6) is 0 Å². The Kier molecular flexibility index (Phi) is 3.79. The van der Waals surface area contributed by atoms with Gasteiger partial charge in [-0.05, 0) is 35.4 Å². The Hall–Kier alpha value is -1.35. The molecule has 3 heteroatoms. The maximum Gasteiger partial charge on any atom is 0.310 e. The zero-order valence-corrected chi connectivity index (χ0v) is 11.2. The zero-order chi connectivity index (χ0) is 12.3. The van der Waals surface area contributed by atoms with Gasteiger partial charge in [0, 0.05) is 4.47 Å². The summed E-state index contributed by atoms with van der Waals surface area (Å²) in [5, 5.41) is 2.29. The lowest BCUT2D eigenvalue weighted by Gasteiger charge is -2.04. The highest BCUT2D eigenvalue weighted by Gasteiger charge is 2.04. The molecule has 2 aromatic carbocycles. The van der Waals surface area contributed by atoms with Gasteiger partial charge in [-0.15, -0.1) is 0 Å². The highest BCUT2D eigenvalue weighted by molar-refractivity contribution is 9.10. The van der Waals surface area contributed by atoms with Gasteiger partial charge < -0.3 is 4.74 Å². The van der Waals surface area contributed by atoms with Crippen molar-refractivity contribution >= 4 is 32.7 Å². The molecule has 2 rings (SSSR count). The van der Waals surface area contributed by atoms with Crippen LogP contribution in [0.25, 0.3) is 10.8 Å². The van der Waals surface area contributed by atoms with E-state index in [-0.39, 0.29) is 5.97 Å². The first-order valence-electron chi connectivity index (χ1n) is 5.53. The summed E-state index contributed by atoms with van der Waals surface area (Å²) in [5.74, 6) is -0.177. The van der Waals surface area contributed by atoms with Crippen LogP contribution in [-0.4, -0.2) is 12.6 Å². The average molecular weight is 293 g/mol. The molecule has 2 aromatic rings. The van der Waals surface area contributed by atoms with E-state index >= 15 is 0 Å². The van der Waals surface area contributed by atoms with Gasteiger partial charge in [-0.25, -0.2) is 0 Å². The second-order valence-corrected chi connectivity index (χ2v) is 4.72. The molecule has 0 bridgehead atoms. The minimum atomic E-state index is -0.177. The lowest BCUT2D eigenvalue weighted by molar-refractivity contribution is -0.142. The fourth-order valence-electron chi connectivity index (χ4n) is 1.75.